The maximum absolute atomic E-state index is 5.80. The minimum Gasteiger partial charge on any atom is -0.493 e. The summed E-state index contributed by atoms with van der Waals surface area (Å²) in [4.78, 5) is 2.73. The molecule has 1 aromatic carbocycles. The number of benzene rings is 1. The first-order chi connectivity index (χ1) is 9.34. The van der Waals surface area contributed by atoms with E-state index in [0.717, 1.165) is 30.6 Å². The van der Waals surface area contributed by atoms with Crippen molar-refractivity contribution in [3.63, 3.8) is 0 Å². The number of nitrogens with one attached hydrogen (secondary N) is 1. The van der Waals surface area contributed by atoms with Crippen molar-refractivity contribution in [3.8, 4) is 5.75 Å². The van der Waals surface area contributed by atoms with Crippen LogP contribution in [0.2, 0.25) is 0 Å². The van der Waals surface area contributed by atoms with Crippen LogP contribution in [0.1, 0.15) is 24.9 Å². The van der Waals surface area contributed by atoms with E-state index in [0.29, 0.717) is 12.1 Å². The van der Waals surface area contributed by atoms with Crippen LogP contribution in [0.4, 0.5) is 0 Å². The Labute approximate surface area is 114 Å². The van der Waals surface area contributed by atoms with Gasteiger partial charge < -0.3 is 10.1 Å². The molecule has 0 radical (unpaired) electrons. The van der Waals surface area contributed by atoms with E-state index >= 15 is 0 Å². The highest BCUT2D eigenvalue weighted by molar-refractivity contribution is 5.37. The first kappa shape index (κ1) is 11.7. The van der Waals surface area contributed by atoms with Gasteiger partial charge in [0.25, 0.3) is 0 Å². The molecule has 3 heteroatoms. The maximum atomic E-state index is 5.80. The Kier molecular flexibility index (Phi) is 2.78. The summed E-state index contributed by atoms with van der Waals surface area (Å²) in [5, 5.41) is 3.55. The summed E-state index contributed by atoms with van der Waals surface area (Å²) in [5.74, 6) is 2.79. The largest absolute Gasteiger partial charge is 0.493 e. The standard InChI is InChI=1S/C16H22N2O/c1-11-14-9-17-8-12(14)10-18(11)15-6-7-19-16-5-3-2-4-13(15)16/h2-5,11-12,14-15,17H,6-10H2,1H3. The Morgan fingerprint density at radius 2 is 2.16 bits per heavy atom. The molecular weight excluding hydrogens is 236 g/mol. The zero-order chi connectivity index (χ0) is 12.8. The summed E-state index contributed by atoms with van der Waals surface area (Å²) in [7, 11) is 0. The van der Waals surface area contributed by atoms with E-state index < -0.39 is 0 Å². The molecule has 3 heterocycles. The fraction of sp³-hybridized carbons (Fsp3) is 0.625. The third-order valence-corrected chi connectivity index (χ3v) is 5.31. The lowest BCUT2D eigenvalue weighted by Crippen LogP contribution is -2.38. The molecule has 2 fully saturated rings. The number of nitrogens with zero attached hydrogens (tertiary/aromatic N) is 1. The molecule has 3 nitrogen and oxygen atoms in total. The smallest absolute Gasteiger partial charge is 0.124 e. The Morgan fingerprint density at radius 1 is 1.26 bits per heavy atom. The van der Waals surface area contributed by atoms with Crippen molar-refractivity contribution in [1.29, 1.82) is 0 Å². The van der Waals surface area contributed by atoms with Crippen molar-refractivity contribution in [2.75, 3.05) is 26.2 Å². The fourth-order valence-corrected chi connectivity index (χ4v) is 4.28. The van der Waals surface area contributed by atoms with Gasteiger partial charge in [-0.15, -0.1) is 0 Å². The van der Waals surface area contributed by atoms with Crippen molar-refractivity contribution in [2.45, 2.75) is 25.4 Å². The molecule has 0 bridgehead atoms. The van der Waals surface area contributed by atoms with Crippen molar-refractivity contribution < 1.29 is 4.74 Å². The first-order valence-corrected chi connectivity index (χ1v) is 7.53. The summed E-state index contributed by atoms with van der Waals surface area (Å²) in [6.45, 7) is 6.93. The van der Waals surface area contributed by atoms with Gasteiger partial charge in [-0.3, -0.25) is 4.90 Å². The molecule has 19 heavy (non-hydrogen) atoms. The lowest BCUT2D eigenvalue weighted by molar-refractivity contribution is 0.123. The van der Waals surface area contributed by atoms with E-state index in [1.807, 2.05) is 0 Å². The van der Waals surface area contributed by atoms with Gasteiger partial charge in [0.2, 0.25) is 0 Å². The number of hydrogen-bond donors (Lipinski definition) is 1. The number of rotatable bonds is 1. The lowest BCUT2D eigenvalue weighted by Gasteiger charge is -2.36. The molecule has 4 unspecified atom stereocenters. The predicted molar refractivity (Wildman–Crippen MR) is 75.3 cm³/mol. The average molecular weight is 258 g/mol. The zero-order valence-electron chi connectivity index (χ0n) is 11.5. The summed E-state index contributed by atoms with van der Waals surface area (Å²) < 4.78 is 5.80. The summed E-state index contributed by atoms with van der Waals surface area (Å²) in [6.07, 6.45) is 1.13. The summed E-state index contributed by atoms with van der Waals surface area (Å²) in [5.41, 5.74) is 1.40. The molecule has 0 saturated carbocycles. The highest BCUT2D eigenvalue weighted by Gasteiger charge is 2.45. The Bertz CT molecular complexity index is 476. The number of fused-ring (bicyclic) bond motifs is 2. The van der Waals surface area contributed by atoms with Crippen molar-refractivity contribution in [2.24, 2.45) is 11.8 Å². The second-order valence-corrected chi connectivity index (χ2v) is 6.21. The number of para-hydroxylation sites is 1. The van der Waals surface area contributed by atoms with E-state index in [1.165, 1.54) is 25.2 Å². The van der Waals surface area contributed by atoms with Gasteiger partial charge in [-0.1, -0.05) is 18.2 Å². The molecule has 3 aliphatic heterocycles. The number of ether oxygens (including phenoxy) is 1. The monoisotopic (exact) mass is 258 g/mol. The van der Waals surface area contributed by atoms with Crippen LogP contribution in [0.25, 0.3) is 0 Å². The van der Waals surface area contributed by atoms with Crippen LogP contribution in [0.5, 0.6) is 5.75 Å². The molecule has 1 N–H and O–H groups in total. The Balaban J connectivity index is 1.64. The number of hydrogen-bond acceptors (Lipinski definition) is 3. The molecule has 2 saturated heterocycles. The molecule has 102 valence electrons. The number of likely N-dealkylation sites (tertiary alicyclic amines) is 1. The average Bonchev–Trinajstić information content (AvgIpc) is 3.02. The molecule has 4 atom stereocenters. The van der Waals surface area contributed by atoms with E-state index in [4.69, 9.17) is 4.74 Å². The summed E-state index contributed by atoms with van der Waals surface area (Å²) in [6, 6.07) is 9.83. The van der Waals surface area contributed by atoms with Crippen molar-refractivity contribution >= 4 is 0 Å². The lowest BCUT2D eigenvalue weighted by atomic mass is 9.94. The van der Waals surface area contributed by atoms with Gasteiger partial charge >= 0.3 is 0 Å². The third kappa shape index (κ3) is 1.79. The van der Waals surface area contributed by atoms with Crippen LogP contribution in [0.15, 0.2) is 24.3 Å². The van der Waals surface area contributed by atoms with E-state index in [-0.39, 0.29) is 0 Å². The Morgan fingerprint density at radius 3 is 3.05 bits per heavy atom. The van der Waals surface area contributed by atoms with E-state index in [1.54, 1.807) is 0 Å². The van der Waals surface area contributed by atoms with Crippen LogP contribution in [0, 0.1) is 11.8 Å². The highest BCUT2D eigenvalue weighted by atomic mass is 16.5. The van der Waals surface area contributed by atoms with Crippen molar-refractivity contribution in [3.05, 3.63) is 29.8 Å². The van der Waals surface area contributed by atoms with Gasteiger partial charge in [-0.05, 0) is 37.9 Å². The quantitative estimate of drug-likeness (QED) is 0.834. The maximum Gasteiger partial charge on any atom is 0.124 e. The zero-order valence-corrected chi connectivity index (χ0v) is 11.5. The third-order valence-electron chi connectivity index (χ3n) is 5.31. The van der Waals surface area contributed by atoms with Gasteiger partial charge in [0.15, 0.2) is 0 Å². The normalized spacial score (nSPS) is 37.7. The summed E-state index contributed by atoms with van der Waals surface area (Å²) >= 11 is 0. The minimum atomic E-state index is 0.561. The van der Waals surface area contributed by atoms with Gasteiger partial charge in [0.1, 0.15) is 5.75 Å². The fourth-order valence-electron chi connectivity index (χ4n) is 4.28. The second kappa shape index (κ2) is 4.50. The van der Waals surface area contributed by atoms with Crippen LogP contribution in [-0.4, -0.2) is 37.2 Å². The van der Waals surface area contributed by atoms with E-state index in [9.17, 15) is 0 Å². The van der Waals surface area contributed by atoms with Crippen LogP contribution >= 0.6 is 0 Å². The Hall–Kier alpha value is -1.06. The van der Waals surface area contributed by atoms with Crippen molar-refractivity contribution in [1.82, 2.24) is 10.2 Å². The molecule has 0 aliphatic carbocycles. The van der Waals surface area contributed by atoms with Crippen LogP contribution in [-0.2, 0) is 0 Å². The molecule has 0 aromatic heterocycles. The topological polar surface area (TPSA) is 24.5 Å². The van der Waals surface area contributed by atoms with E-state index in [2.05, 4.69) is 41.4 Å². The van der Waals surface area contributed by atoms with Crippen LogP contribution < -0.4 is 10.1 Å². The predicted octanol–water partition coefficient (Wildman–Crippen LogP) is 2.05. The molecular formula is C16H22N2O. The highest BCUT2D eigenvalue weighted by Crippen LogP contribution is 2.43. The molecule has 1 aromatic rings. The molecule has 3 aliphatic rings. The van der Waals surface area contributed by atoms with Gasteiger partial charge in [-0.25, -0.2) is 0 Å². The van der Waals surface area contributed by atoms with Gasteiger partial charge in [-0.2, -0.15) is 0 Å². The van der Waals surface area contributed by atoms with Gasteiger partial charge in [0.05, 0.1) is 6.61 Å². The molecule has 0 amide bonds. The first-order valence-electron chi connectivity index (χ1n) is 7.53. The molecule has 0 spiro atoms. The molecule has 4 rings (SSSR count). The van der Waals surface area contributed by atoms with Gasteiger partial charge in [0, 0.05) is 30.6 Å². The minimum absolute atomic E-state index is 0.561. The van der Waals surface area contributed by atoms with Crippen LogP contribution in [0.3, 0.4) is 0 Å². The second-order valence-electron chi connectivity index (χ2n) is 6.21. The SMILES string of the molecule is CC1C2CNCC2CN1C1CCOc2ccccc21.